The second-order valence-electron chi connectivity index (χ2n) is 5.78. The maximum Gasteiger partial charge on any atom is 0.328 e. The third-order valence-corrected chi connectivity index (χ3v) is 4.65. The molecule has 5 nitrogen and oxygen atoms in total. The Morgan fingerprint density at radius 1 is 1.25 bits per heavy atom. The van der Waals surface area contributed by atoms with Gasteiger partial charge in [-0.2, -0.15) is 0 Å². The van der Waals surface area contributed by atoms with E-state index in [1.165, 1.54) is 7.11 Å². The topological polar surface area (TPSA) is 64.6 Å². The van der Waals surface area contributed by atoms with Crippen LogP contribution in [0.1, 0.15) is 39.2 Å². The third kappa shape index (κ3) is 5.51. The number of hydrogen-bond donors (Lipinski definition) is 1. The van der Waals surface area contributed by atoms with Crippen LogP contribution in [-0.4, -0.2) is 31.1 Å². The summed E-state index contributed by atoms with van der Waals surface area (Å²) in [6, 6.07) is 4.97. The number of rotatable bonds is 8. The zero-order valence-electron chi connectivity index (χ0n) is 14.9. The standard InChI is InChI=1S/C18H26BrNO4/c1-6-13(7-2)16(18(22)23-5)20-17(21)12(4)24-15-9-8-11(3)10-14(15)19/h8-10,12-13,16H,6-7H2,1-5H3,(H,20,21)/t12-,16+/m0/s1. The maximum atomic E-state index is 12.4. The molecule has 24 heavy (non-hydrogen) atoms. The zero-order valence-corrected chi connectivity index (χ0v) is 16.5. The van der Waals surface area contributed by atoms with Gasteiger partial charge in [-0.05, 0) is 53.4 Å². The molecule has 0 aliphatic heterocycles. The van der Waals surface area contributed by atoms with E-state index in [-0.39, 0.29) is 11.8 Å². The van der Waals surface area contributed by atoms with Crippen molar-refractivity contribution in [1.82, 2.24) is 5.32 Å². The monoisotopic (exact) mass is 399 g/mol. The maximum absolute atomic E-state index is 12.4. The van der Waals surface area contributed by atoms with Gasteiger partial charge in [0.1, 0.15) is 11.8 Å². The number of aryl methyl sites for hydroxylation is 1. The molecule has 0 heterocycles. The number of benzene rings is 1. The molecule has 0 fully saturated rings. The molecule has 0 aliphatic carbocycles. The lowest BCUT2D eigenvalue weighted by atomic mass is 9.94. The quantitative estimate of drug-likeness (QED) is 0.677. The Morgan fingerprint density at radius 2 is 1.88 bits per heavy atom. The van der Waals surface area contributed by atoms with Crippen molar-refractivity contribution in [3.8, 4) is 5.75 Å². The Kier molecular flexibility index (Phi) is 8.25. The van der Waals surface area contributed by atoms with Gasteiger partial charge in [0.15, 0.2) is 6.10 Å². The van der Waals surface area contributed by atoms with Gasteiger partial charge in [-0.3, -0.25) is 4.79 Å². The zero-order chi connectivity index (χ0) is 18.3. The number of hydrogen-bond acceptors (Lipinski definition) is 4. The summed E-state index contributed by atoms with van der Waals surface area (Å²) in [6.45, 7) is 7.60. The van der Waals surface area contributed by atoms with Gasteiger partial charge in [0.05, 0.1) is 11.6 Å². The lowest BCUT2D eigenvalue weighted by molar-refractivity contribution is -0.147. The van der Waals surface area contributed by atoms with Crippen LogP contribution in [0.3, 0.4) is 0 Å². The SMILES string of the molecule is CCC(CC)[C@@H](NC(=O)[C@H](C)Oc1ccc(C)cc1Br)C(=O)OC. The first kappa shape index (κ1) is 20.5. The third-order valence-electron chi connectivity index (χ3n) is 4.03. The number of ether oxygens (including phenoxy) is 2. The number of esters is 1. The van der Waals surface area contributed by atoms with Crippen molar-refractivity contribution in [3.63, 3.8) is 0 Å². The minimum absolute atomic E-state index is 0.0275. The van der Waals surface area contributed by atoms with Gasteiger partial charge in [-0.15, -0.1) is 0 Å². The summed E-state index contributed by atoms with van der Waals surface area (Å²) in [6.07, 6.45) is 0.815. The fraction of sp³-hybridized carbons (Fsp3) is 0.556. The molecule has 134 valence electrons. The van der Waals surface area contributed by atoms with Gasteiger partial charge in [0.25, 0.3) is 5.91 Å². The second kappa shape index (κ2) is 9.67. The minimum Gasteiger partial charge on any atom is -0.480 e. The Morgan fingerprint density at radius 3 is 2.38 bits per heavy atom. The summed E-state index contributed by atoms with van der Waals surface area (Å²) < 4.78 is 11.3. The van der Waals surface area contributed by atoms with E-state index in [0.717, 1.165) is 22.9 Å². The van der Waals surface area contributed by atoms with E-state index in [9.17, 15) is 9.59 Å². The highest BCUT2D eigenvalue weighted by molar-refractivity contribution is 9.10. The molecule has 1 amide bonds. The van der Waals surface area contributed by atoms with Crippen LogP contribution in [0.4, 0.5) is 0 Å². The molecule has 0 bridgehead atoms. The second-order valence-corrected chi connectivity index (χ2v) is 6.63. The predicted octanol–water partition coefficient (Wildman–Crippen LogP) is 3.62. The first-order valence-electron chi connectivity index (χ1n) is 8.14. The van der Waals surface area contributed by atoms with Gasteiger partial charge in [0, 0.05) is 0 Å². The molecule has 1 N–H and O–H groups in total. The summed E-state index contributed by atoms with van der Waals surface area (Å²) in [5.74, 6) is -0.161. The average molecular weight is 400 g/mol. The predicted molar refractivity (Wildman–Crippen MR) is 97.0 cm³/mol. The molecule has 0 spiro atoms. The summed E-state index contributed by atoms with van der Waals surface area (Å²) in [4.78, 5) is 24.4. The van der Waals surface area contributed by atoms with Gasteiger partial charge in [-0.1, -0.05) is 32.8 Å². The van der Waals surface area contributed by atoms with E-state index >= 15 is 0 Å². The number of methoxy groups -OCH3 is 1. The fourth-order valence-electron chi connectivity index (χ4n) is 2.47. The van der Waals surface area contributed by atoms with Crippen molar-refractivity contribution >= 4 is 27.8 Å². The Labute approximate surface area is 152 Å². The molecule has 0 radical (unpaired) electrons. The van der Waals surface area contributed by atoms with Crippen molar-refractivity contribution in [2.75, 3.05) is 7.11 Å². The molecule has 1 aromatic rings. The molecule has 2 atom stereocenters. The number of carbonyl (C=O) groups excluding carboxylic acids is 2. The van der Waals surface area contributed by atoms with Crippen LogP contribution in [0.2, 0.25) is 0 Å². The molecular weight excluding hydrogens is 374 g/mol. The highest BCUT2D eigenvalue weighted by Crippen LogP contribution is 2.26. The highest BCUT2D eigenvalue weighted by Gasteiger charge is 2.30. The van der Waals surface area contributed by atoms with Crippen molar-refractivity contribution in [1.29, 1.82) is 0 Å². The Bertz CT molecular complexity index is 572. The summed E-state index contributed by atoms with van der Waals surface area (Å²) in [5, 5.41) is 2.77. The Balaban J connectivity index is 2.80. The van der Waals surface area contributed by atoms with Crippen LogP contribution in [0, 0.1) is 12.8 Å². The molecule has 6 heteroatoms. The van der Waals surface area contributed by atoms with E-state index in [1.54, 1.807) is 6.92 Å². The van der Waals surface area contributed by atoms with Gasteiger partial charge in [0.2, 0.25) is 0 Å². The van der Waals surface area contributed by atoms with E-state index in [0.29, 0.717) is 5.75 Å². The van der Waals surface area contributed by atoms with Crippen molar-refractivity contribution in [2.24, 2.45) is 5.92 Å². The Hall–Kier alpha value is -1.56. The first-order chi connectivity index (χ1) is 11.3. The molecule has 1 aromatic carbocycles. The molecule has 0 unspecified atom stereocenters. The number of amides is 1. The minimum atomic E-state index is -0.731. The van der Waals surface area contributed by atoms with E-state index in [2.05, 4.69) is 21.2 Å². The molecule has 0 saturated heterocycles. The van der Waals surface area contributed by atoms with Crippen LogP contribution in [0.15, 0.2) is 22.7 Å². The number of halogens is 1. The van der Waals surface area contributed by atoms with Gasteiger partial charge in [-0.25, -0.2) is 4.79 Å². The molecule has 0 aromatic heterocycles. The van der Waals surface area contributed by atoms with Crippen molar-refractivity contribution in [2.45, 2.75) is 52.7 Å². The summed E-state index contributed by atoms with van der Waals surface area (Å²) in [5.41, 5.74) is 1.09. The van der Waals surface area contributed by atoms with Crippen molar-refractivity contribution in [3.05, 3.63) is 28.2 Å². The smallest absolute Gasteiger partial charge is 0.328 e. The van der Waals surface area contributed by atoms with Crippen LogP contribution in [0.25, 0.3) is 0 Å². The number of carbonyl (C=O) groups is 2. The van der Waals surface area contributed by atoms with Gasteiger partial charge >= 0.3 is 5.97 Å². The molecule has 0 saturated carbocycles. The lowest BCUT2D eigenvalue weighted by Gasteiger charge is -2.25. The lowest BCUT2D eigenvalue weighted by Crippen LogP contribution is -2.50. The van der Waals surface area contributed by atoms with Gasteiger partial charge < -0.3 is 14.8 Å². The van der Waals surface area contributed by atoms with E-state index < -0.39 is 18.1 Å². The van der Waals surface area contributed by atoms with Crippen LogP contribution in [0.5, 0.6) is 5.75 Å². The van der Waals surface area contributed by atoms with E-state index in [4.69, 9.17) is 9.47 Å². The normalized spacial score (nSPS) is 13.3. The molecular formula is C18H26BrNO4. The first-order valence-corrected chi connectivity index (χ1v) is 8.94. The van der Waals surface area contributed by atoms with Crippen LogP contribution < -0.4 is 10.1 Å². The van der Waals surface area contributed by atoms with Crippen LogP contribution >= 0.6 is 15.9 Å². The fourth-order valence-corrected chi connectivity index (χ4v) is 3.06. The highest BCUT2D eigenvalue weighted by atomic mass is 79.9. The molecule has 0 aliphatic rings. The number of nitrogens with one attached hydrogen (secondary N) is 1. The molecule has 1 rings (SSSR count). The average Bonchev–Trinajstić information content (AvgIpc) is 2.56. The van der Waals surface area contributed by atoms with Crippen LogP contribution in [-0.2, 0) is 14.3 Å². The summed E-state index contributed by atoms with van der Waals surface area (Å²) >= 11 is 3.42. The van der Waals surface area contributed by atoms with Crippen molar-refractivity contribution < 1.29 is 19.1 Å². The van der Waals surface area contributed by atoms with E-state index in [1.807, 2.05) is 39.0 Å². The summed E-state index contributed by atoms with van der Waals surface area (Å²) in [7, 11) is 1.33. The largest absolute Gasteiger partial charge is 0.480 e.